The van der Waals surface area contributed by atoms with Gasteiger partial charge in [-0.05, 0) is 53.9 Å². The molecule has 1 aromatic heterocycles. The fourth-order valence-corrected chi connectivity index (χ4v) is 5.42. The molecule has 2 aromatic rings. The Bertz CT molecular complexity index is 940. The number of hydrogen-bond donors (Lipinski definition) is 0. The van der Waals surface area contributed by atoms with E-state index in [1.807, 2.05) is 11.4 Å². The number of carbonyl (C=O) groups excluding carboxylic acids is 1. The lowest BCUT2D eigenvalue weighted by Gasteiger charge is -2.42. The smallest absolute Gasteiger partial charge is 0.492 e. The van der Waals surface area contributed by atoms with Gasteiger partial charge < -0.3 is 14.2 Å². The first-order chi connectivity index (χ1) is 13.1. The van der Waals surface area contributed by atoms with Gasteiger partial charge in [0.15, 0.2) is 0 Å². The first-order valence-corrected chi connectivity index (χ1v) is 10.6. The maximum Gasteiger partial charge on any atom is 0.513 e. The molecule has 2 aliphatic rings. The van der Waals surface area contributed by atoms with Gasteiger partial charge in [-0.3, -0.25) is 0 Å². The van der Waals surface area contributed by atoms with E-state index in [4.69, 9.17) is 9.47 Å². The molecular weight excluding hydrogens is 372 g/mol. The van der Waals surface area contributed by atoms with Gasteiger partial charge >= 0.3 is 6.16 Å². The Morgan fingerprint density at radius 3 is 2.29 bits per heavy atom. The number of methoxy groups -OCH3 is 1. The van der Waals surface area contributed by atoms with Gasteiger partial charge in [0.05, 0.1) is 12.5 Å². The summed E-state index contributed by atoms with van der Waals surface area (Å²) >= 11 is 1.59. The summed E-state index contributed by atoms with van der Waals surface area (Å²) in [6.07, 6.45) is 1.66. The van der Waals surface area contributed by atoms with Crippen molar-refractivity contribution in [2.45, 2.75) is 63.7 Å². The average Bonchev–Trinajstić information content (AvgIpc) is 3.24. The molecule has 4 nitrogen and oxygen atoms in total. The van der Waals surface area contributed by atoms with Crippen LogP contribution in [0.1, 0.15) is 69.0 Å². The molecule has 150 valence electrons. The largest absolute Gasteiger partial charge is 0.513 e. The van der Waals surface area contributed by atoms with E-state index in [9.17, 15) is 4.79 Å². The first kappa shape index (κ1) is 19.3. The Balaban J connectivity index is 1.78. The van der Waals surface area contributed by atoms with Crippen molar-refractivity contribution in [3.63, 3.8) is 0 Å². The van der Waals surface area contributed by atoms with Gasteiger partial charge in [-0.25, -0.2) is 4.79 Å². The minimum Gasteiger partial charge on any atom is -0.492 e. The average molecular weight is 401 g/mol. The van der Waals surface area contributed by atoms with Crippen molar-refractivity contribution in [2.24, 2.45) is 0 Å². The van der Waals surface area contributed by atoms with Crippen LogP contribution in [0, 0.1) is 0 Å². The molecule has 0 saturated heterocycles. The highest BCUT2D eigenvalue weighted by Gasteiger charge is 2.44. The van der Waals surface area contributed by atoms with Crippen molar-refractivity contribution in [3.05, 3.63) is 45.1 Å². The number of thiophene rings is 1. The van der Waals surface area contributed by atoms with Crippen LogP contribution in [0.25, 0.3) is 0 Å². The highest BCUT2D eigenvalue weighted by molar-refractivity contribution is 7.10. The van der Waals surface area contributed by atoms with Crippen molar-refractivity contribution in [3.8, 4) is 11.5 Å². The number of hydrogen-bond acceptors (Lipinski definition) is 5. The van der Waals surface area contributed by atoms with Crippen LogP contribution in [0.3, 0.4) is 0 Å². The number of ether oxygens (including phenoxy) is 3. The number of carbonyl (C=O) groups is 1. The third-order valence-corrected chi connectivity index (χ3v) is 7.72. The van der Waals surface area contributed by atoms with E-state index >= 15 is 0 Å². The van der Waals surface area contributed by atoms with Gasteiger partial charge in [0.2, 0.25) is 0 Å². The monoisotopic (exact) mass is 400 g/mol. The van der Waals surface area contributed by atoms with Crippen molar-refractivity contribution in [1.82, 2.24) is 0 Å². The molecule has 1 atom stereocenters. The van der Waals surface area contributed by atoms with E-state index in [0.29, 0.717) is 12.4 Å². The zero-order valence-corrected chi connectivity index (χ0v) is 18.3. The third-order valence-electron chi connectivity index (χ3n) is 6.55. The van der Waals surface area contributed by atoms with Crippen LogP contribution in [0.15, 0.2) is 23.6 Å². The maximum atomic E-state index is 11.4. The van der Waals surface area contributed by atoms with Crippen LogP contribution in [-0.2, 0) is 21.0 Å². The van der Waals surface area contributed by atoms with Gasteiger partial charge in [-0.2, -0.15) is 0 Å². The fraction of sp³-hybridized carbons (Fsp3) is 0.522. The van der Waals surface area contributed by atoms with E-state index in [-0.39, 0.29) is 16.2 Å². The highest BCUT2D eigenvalue weighted by atomic mass is 32.1. The summed E-state index contributed by atoms with van der Waals surface area (Å²) < 4.78 is 16.0. The molecule has 5 heteroatoms. The zero-order chi connectivity index (χ0) is 20.3. The molecule has 0 fully saturated rings. The van der Waals surface area contributed by atoms with E-state index in [2.05, 4.69) is 51.5 Å². The topological polar surface area (TPSA) is 44.8 Å². The fourth-order valence-electron chi connectivity index (χ4n) is 4.45. The van der Waals surface area contributed by atoms with E-state index in [0.717, 1.165) is 10.6 Å². The molecule has 2 heterocycles. The quantitative estimate of drug-likeness (QED) is 0.585. The van der Waals surface area contributed by atoms with Crippen molar-refractivity contribution < 1.29 is 19.0 Å². The molecule has 0 N–H and O–H groups in total. The van der Waals surface area contributed by atoms with Crippen LogP contribution in [0.5, 0.6) is 11.5 Å². The molecule has 1 aliphatic heterocycles. The van der Waals surface area contributed by atoms with E-state index < -0.39 is 6.16 Å². The Kier molecular flexibility index (Phi) is 4.31. The molecule has 0 bridgehead atoms. The molecule has 0 amide bonds. The number of rotatable bonds is 2. The van der Waals surface area contributed by atoms with Crippen LogP contribution >= 0.6 is 11.3 Å². The van der Waals surface area contributed by atoms with Gasteiger partial charge in [0, 0.05) is 15.8 Å². The van der Waals surface area contributed by atoms with E-state index in [1.54, 1.807) is 11.3 Å². The lowest BCUT2D eigenvalue weighted by atomic mass is 9.62. The molecule has 0 spiro atoms. The normalized spacial score (nSPS) is 24.1. The SMILES string of the molecule is COC(=O)Oc1csc(C2(C)COc3cc4c(cc32)C(C)(C)CCC4(C)C)c1. The second kappa shape index (κ2) is 6.24. The summed E-state index contributed by atoms with van der Waals surface area (Å²) in [4.78, 5) is 12.5. The van der Waals surface area contributed by atoms with Crippen LogP contribution < -0.4 is 9.47 Å². The first-order valence-electron chi connectivity index (χ1n) is 9.74. The Labute approximate surface area is 170 Å². The second-order valence-corrected chi connectivity index (χ2v) is 10.4. The van der Waals surface area contributed by atoms with E-state index in [1.165, 1.54) is 36.6 Å². The molecule has 4 rings (SSSR count). The predicted octanol–water partition coefficient (Wildman–Crippen LogP) is 5.94. The van der Waals surface area contributed by atoms with Crippen molar-refractivity contribution in [2.75, 3.05) is 13.7 Å². The third kappa shape index (κ3) is 2.91. The van der Waals surface area contributed by atoms with Crippen molar-refractivity contribution in [1.29, 1.82) is 0 Å². The molecular formula is C23H28O4S. The molecule has 0 radical (unpaired) electrons. The van der Waals surface area contributed by atoms with Gasteiger partial charge in [0.25, 0.3) is 0 Å². The Hall–Kier alpha value is -2.01. The summed E-state index contributed by atoms with van der Waals surface area (Å²) in [6, 6.07) is 6.57. The molecule has 1 unspecified atom stereocenters. The summed E-state index contributed by atoms with van der Waals surface area (Å²) in [7, 11) is 1.31. The maximum absolute atomic E-state index is 11.4. The van der Waals surface area contributed by atoms with Crippen molar-refractivity contribution >= 4 is 17.5 Å². The minimum atomic E-state index is -0.698. The van der Waals surface area contributed by atoms with Gasteiger partial charge in [0.1, 0.15) is 18.1 Å². The lowest BCUT2D eigenvalue weighted by Crippen LogP contribution is -2.34. The molecule has 1 aliphatic carbocycles. The lowest BCUT2D eigenvalue weighted by molar-refractivity contribution is 0.121. The Morgan fingerprint density at radius 1 is 1.00 bits per heavy atom. The number of benzene rings is 1. The predicted molar refractivity (Wildman–Crippen MR) is 111 cm³/mol. The van der Waals surface area contributed by atoms with Crippen LogP contribution in [-0.4, -0.2) is 19.9 Å². The van der Waals surface area contributed by atoms with Crippen LogP contribution in [0.2, 0.25) is 0 Å². The number of fused-ring (bicyclic) bond motifs is 2. The minimum absolute atomic E-state index is 0.151. The summed E-state index contributed by atoms with van der Waals surface area (Å²) in [5.74, 6) is 1.50. The van der Waals surface area contributed by atoms with Gasteiger partial charge in [-0.1, -0.05) is 33.8 Å². The van der Waals surface area contributed by atoms with Gasteiger partial charge in [-0.15, -0.1) is 11.3 Å². The standard InChI is InChI=1S/C23H28O4S/c1-21(2)7-8-22(3,4)16-11-18-17(10-15(16)21)23(5,13-26-18)19-9-14(12-28-19)27-20(24)25-6/h9-12H,7-8,13H2,1-6H3. The molecule has 0 saturated carbocycles. The molecule has 28 heavy (non-hydrogen) atoms. The Morgan fingerprint density at radius 2 is 1.64 bits per heavy atom. The highest BCUT2D eigenvalue weighted by Crippen LogP contribution is 2.53. The van der Waals surface area contributed by atoms with Crippen LogP contribution in [0.4, 0.5) is 4.79 Å². The second-order valence-electron chi connectivity index (χ2n) is 9.49. The summed E-state index contributed by atoms with van der Waals surface area (Å²) in [5.41, 5.74) is 4.12. The summed E-state index contributed by atoms with van der Waals surface area (Å²) in [6.45, 7) is 12.1. The molecule has 1 aromatic carbocycles. The summed E-state index contributed by atoms with van der Waals surface area (Å²) in [5, 5.41) is 1.85. The zero-order valence-electron chi connectivity index (χ0n) is 17.5.